The number of nitrogens with zero attached hydrogens (tertiary/aromatic N) is 1. The van der Waals surface area contributed by atoms with Gasteiger partial charge in [0.05, 0.1) is 5.56 Å². The van der Waals surface area contributed by atoms with Gasteiger partial charge in [0.1, 0.15) is 0 Å². The summed E-state index contributed by atoms with van der Waals surface area (Å²) in [5.41, 5.74) is 0.770. The molecule has 1 N–H and O–H groups in total. The molecule has 1 fully saturated rings. The number of halogens is 2. The number of amides is 1. The molecule has 1 atom stereocenters. The summed E-state index contributed by atoms with van der Waals surface area (Å²) in [5, 5.41) is 3.53. The lowest BCUT2D eigenvalue weighted by Gasteiger charge is -2.31. The standard InChI is InChI=1S/C16H22BrIN2O/c1-2-9-20(11-13-5-3-4-8-19-13)16(21)14-10-12(18)6-7-15(14)17/h6-7,10,13,19H,2-5,8-9,11H2,1H3. The maximum Gasteiger partial charge on any atom is 0.255 e. The van der Waals surface area contributed by atoms with Crippen LogP contribution in [-0.4, -0.2) is 36.5 Å². The molecular formula is C16H22BrIN2O. The fraction of sp³-hybridized carbons (Fsp3) is 0.562. The lowest BCUT2D eigenvalue weighted by atomic mass is 10.0. The fourth-order valence-corrected chi connectivity index (χ4v) is 3.63. The van der Waals surface area contributed by atoms with E-state index in [9.17, 15) is 4.79 Å². The molecule has 0 spiro atoms. The molecular weight excluding hydrogens is 443 g/mol. The van der Waals surface area contributed by atoms with Crippen LogP contribution < -0.4 is 5.32 Å². The monoisotopic (exact) mass is 464 g/mol. The predicted molar refractivity (Wildman–Crippen MR) is 98.7 cm³/mol. The zero-order valence-electron chi connectivity index (χ0n) is 12.4. The summed E-state index contributed by atoms with van der Waals surface area (Å²) < 4.78 is 1.97. The number of nitrogens with one attached hydrogen (secondary N) is 1. The third-order valence-electron chi connectivity index (χ3n) is 3.79. The second kappa shape index (κ2) is 8.48. The summed E-state index contributed by atoms with van der Waals surface area (Å²) >= 11 is 5.76. The summed E-state index contributed by atoms with van der Waals surface area (Å²) in [6.45, 7) is 4.82. The van der Waals surface area contributed by atoms with Crippen molar-refractivity contribution < 1.29 is 4.79 Å². The molecule has 1 heterocycles. The van der Waals surface area contributed by atoms with E-state index in [0.29, 0.717) is 6.04 Å². The second-order valence-electron chi connectivity index (χ2n) is 5.52. The number of piperidine rings is 1. The van der Waals surface area contributed by atoms with E-state index < -0.39 is 0 Å². The van der Waals surface area contributed by atoms with Crippen molar-refractivity contribution >= 4 is 44.4 Å². The van der Waals surface area contributed by atoms with Crippen LogP contribution in [-0.2, 0) is 0 Å². The summed E-state index contributed by atoms with van der Waals surface area (Å²) in [6, 6.07) is 6.37. The van der Waals surface area contributed by atoms with Crippen LogP contribution in [0.1, 0.15) is 43.0 Å². The zero-order valence-corrected chi connectivity index (χ0v) is 16.1. The molecule has 1 aliphatic heterocycles. The highest BCUT2D eigenvalue weighted by Gasteiger charge is 2.22. The highest BCUT2D eigenvalue weighted by atomic mass is 127. The van der Waals surface area contributed by atoms with Crippen molar-refractivity contribution in [3.8, 4) is 0 Å². The Balaban J connectivity index is 2.12. The van der Waals surface area contributed by atoms with Gasteiger partial charge >= 0.3 is 0 Å². The average molecular weight is 465 g/mol. The molecule has 0 saturated carbocycles. The van der Waals surface area contributed by atoms with E-state index >= 15 is 0 Å². The van der Waals surface area contributed by atoms with Gasteiger partial charge in [-0.1, -0.05) is 13.3 Å². The van der Waals surface area contributed by atoms with Crippen LogP contribution >= 0.6 is 38.5 Å². The number of rotatable bonds is 5. The van der Waals surface area contributed by atoms with Gasteiger partial charge in [0.2, 0.25) is 0 Å². The molecule has 1 unspecified atom stereocenters. The smallest absolute Gasteiger partial charge is 0.255 e. The molecule has 1 aromatic rings. The molecule has 116 valence electrons. The van der Waals surface area contributed by atoms with Crippen LogP contribution in [0.15, 0.2) is 22.7 Å². The summed E-state index contributed by atoms with van der Waals surface area (Å²) in [6.07, 6.45) is 4.67. The van der Waals surface area contributed by atoms with E-state index in [-0.39, 0.29) is 5.91 Å². The molecule has 1 aromatic carbocycles. The molecule has 1 aliphatic rings. The summed E-state index contributed by atoms with van der Waals surface area (Å²) in [5.74, 6) is 0.134. The van der Waals surface area contributed by atoms with Crippen LogP contribution in [0.5, 0.6) is 0 Å². The van der Waals surface area contributed by atoms with Gasteiger partial charge in [-0.25, -0.2) is 0 Å². The molecule has 0 bridgehead atoms. The van der Waals surface area contributed by atoms with Crippen molar-refractivity contribution in [2.45, 2.75) is 38.6 Å². The van der Waals surface area contributed by atoms with Gasteiger partial charge < -0.3 is 10.2 Å². The van der Waals surface area contributed by atoms with E-state index in [2.05, 4.69) is 50.8 Å². The number of carbonyl (C=O) groups is 1. The van der Waals surface area contributed by atoms with Crippen LogP contribution in [0.25, 0.3) is 0 Å². The normalized spacial score (nSPS) is 18.5. The van der Waals surface area contributed by atoms with E-state index in [0.717, 1.165) is 39.7 Å². The van der Waals surface area contributed by atoms with E-state index in [1.807, 2.05) is 23.1 Å². The van der Waals surface area contributed by atoms with Crippen LogP contribution in [0.4, 0.5) is 0 Å². The summed E-state index contributed by atoms with van der Waals surface area (Å²) in [7, 11) is 0. The minimum Gasteiger partial charge on any atom is -0.337 e. The van der Waals surface area contributed by atoms with Crippen molar-refractivity contribution in [2.75, 3.05) is 19.6 Å². The Morgan fingerprint density at radius 1 is 1.48 bits per heavy atom. The Bertz CT molecular complexity index is 489. The minimum absolute atomic E-state index is 0.134. The van der Waals surface area contributed by atoms with Crippen molar-refractivity contribution in [1.82, 2.24) is 10.2 Å². The first-order valence-corrected chi connectivity index (χ1v) is 9.46. The number of hydrogen-bond acceptors (Lipinski definition) is 2. The van der Waals surface area contributed by atoms with Gasteiger partial charge in [-0.2, -0.15) is 0 Å². The first-order chi connectivity index (χ1) is 10.1. The maximum atomic E-state index is 12.8. The molecule has 2 rings (SSSR count). The van der Waals surface area contributed by atoms with Crippen molar-refractivity contribution in [3.63, 3.8) is 0 Å². The lowest BCUT2D eigenvalue weighted by Crippen LogP contribution is -2.46. The topological polar surface area (TPSA) is 32.3 Å². The number of benzene rings is 1. The molecule has 3 nitrogen and oxygen atoms in total. The first-order valence-electron chi connectivity index (χ1n) is 7.59. The van der Waals surface area contributed by atoms with Crippen LogP contribution in [0.2, 0.25) is 0 Å². The Morgan fingerprint density at radius 2 is 2.29 bits per heavy atom. The van der Waals surface area contributed by atoms with E-state index in [1.165, 1.54) is 19.3 Å². The number of carbonyl (C=O) groups excluding carboxylic acids is 1. The van der Waals surface area contributed by atoms with E-state index in [1.54, 1.807) is 0 Å². The highest BCUT2D eigenvalue weighted by Crippen LogP contribution is 2.22. The van der Waals surface area contributed by atoms with Gasteiger partial charge in [0, 0.05) is 27.2 Å². The molecule has 0 aliphatic carbocycles. The van der Waals surface area contributed by atoms with Gasteiger partial charge in [-0.05, 0) is 82.5 Å². The second-order valence-corrected chi connectivity index (χ2v) is 7.62. The average Bonchev–Trinajstić information content (AvgIpc) is 2.49. The minimum atomic E-state index is 0.134. The Morgan fingerprint density at radius 3 is 2.95 bits per heavy atom. The van der Waals surface area contributed by atoms with Gasteiger partial charge in [-0.15, -0.1) is 0 Å². The van der Waals surface area contributed by atoms with E-state index in [4.69, 9.17) is 0 Å². The van der Waals surface area contributed by atoms with Crippen LogP contribution in [0.3, 0.4) is 0 Å². The molecule has 1 saturated heterocycles. The lowest BCUT2D eigenvalue weighted by molar-refractivity contribution is 0.0730. The quantitative estimate of drug-likeness (QED) is 0.666. The first kappa shape index (κ1) is 17.2. The van der Waals surface area contributed by atoms with Gasteiger partial charge in [0.15, 0.2) is 0 Å². The largest absolute Gasteiger partial charge is 0.337 e. The fourth-order valence-electron chi connectivity index (χ4n) is 2.72. The van der Waals surface area contributed by atoms with Gasteiger partial charge in [0.25, 0.3) is 5.91 Å². The third-order valence-corrected chi connectivity index (χ3v) is 5.16. The Hall–Kier alpha value is -0.140. The zero-order chi connectivity index (χ0) is 15.2. The predicted octanol–water partition coefficient (Wildman–Crippen LogP) is 4.05. The SMILES string of the molecule is CCCN(CC1CCCCN1)C(=O)c1cc(I)ccc1Br. The molecule has 5 heteroatoms. The molecule has 0 aromatic heterocycles. The molecule has 1 amide bonds. The molecule has 21 heavy (non-hydrogen) atoms. The Kier molecular flexibility index (Phi) is 6.95. The van der Waals surface area contributed by atoms with Crippen LogP contribution in [0, 0.1) is 3.57 Å². The highest BCUT2D eigenvalue weighted by molar-refractivity contribution is 14.1. The van der Waals surface area contributed by atoms with Crippen molar-refractivity contribution in [2.24, 2.45) is 0 Å². The third kappa shape index (κ3) is 4.93. The molecule has 0 radical (unpaired) electrons. The van der Waals surface area contributed by atoms with Crippen molar-refractivity contribution in [1.29, 1.82) is 0 Å². The van der Waals surface area contributed by atoms with Crippen molar-refractivity contribution in [3.05, 3.63) is 31.8 Å². The number of hydrogen-bond donors (Lipinski definition) is 1. The van der Waals surface area contributed by atoms with Gasteiger partial charge in [-0.3, -0.25) is 4.79 Å². The summed E-state index contributed by atoms with van der Waals surface area (Å²) in [4.78, 5) is 14.8. The Labute approximate surface area is 149 Å². The maximum absolute atomic E-state index is 12.8.